The Morgan fingerprint density at radius 2 is 2.36 bits per heavy atom. The lowest BCUT2D eigenvalue weighted by Gasteiger charge is -1.92. The Kier molecular flexibility index (Phi) is 3.92. The van der Waals surface area contributed by atoms with Gasteiger partial charge in [0.05, 0.1) is 9.26 Å². The number of nitrogens with zero attached hydrogens (tertiary/aromatic N) is 1. The maximum Gasteiger partial charge on any atom is 0.246 e. The van der Waals surface area contributed by atoms with Crippen LogP contribution >= 0.6 is 34.5 Å². The van der Waals surface area contributed by atoms with E-state index in [1.807, 2.05) is 0 Å². The number of hydrogen-bond donors (Lipinski definition) is 0. The second kappa shape index (κ2) is 4.77. The summed E-state index contributed by atoms with van der Waals surface area (Å²) in [7, 11) is 0. The molecule has 3 nitrogen and oxygen atoms in total. The molecular formula is C8H7Cl2NO2S. The molecular weight excluding hydrogens is 245 g/mol. The zero-order valence-electron chi connectivity index (χ0n) is 7.29. The molecule has 14 heavy (non-hydrogen) atoms. The first-order valence-electron chi connectivity index (χ1n) is 3.84. The van der Waals surface area contributed by atoms with Crippen molar-refractivity contribution in [2.45, 2.75) is 13.3 Å². The van der Waals surface area contributed by atoms with Crippen LogP contribution in [0.3, 0.4) is 0 Å². The van der Waals surface area contributed by atoms with E-state index in [0.29, 0.717) is 20.7 Å². The van der Waals surface area contributed by atoms with E-state index < -0.39 is 4.92 Å². The van der Waals surface area contributed by atoms with E-state index in [2.05, 4.69) is 0 Å². The van der Waals surface area contributed by atoms with Gasteiger partial charge in [-0.25, -0.2) is 0 Å². The standard InChI is InChI=1S/C8H7Cl2NO2S/c1-2-6(11(12)13)3-5-4-7(9)14-8(5)10/h3-4H,2H2,1H3/b6-3-. The number of halogens is 2. The second-order valence-electron chi connectivity index (χ2n) is 2.53. The van der Waals surface area contributed by atoms with Crippen LogP contribution in [-0.2, 0) is 0 Å². The Balaban J connectivity index is 3.06. The van der Waals surface area contributed by atoms with Crippen molar-refractivity contribution in [1.29, 1.82) is 0 Å². The van der Waals surface area contributed by atoms with Crippen LogP contribution in [0, 0.1) is 10.1 Å². The largest absolute Gasteiger partial charge is 0.259 e. The molecule has 0 aliphatic rings. The molecule has 0 radical (unpaired) electrons. The summed E-state index contributed by atoms with van der Waals surface area (Å²) < 4.78 is 1.00. The smallest absolute Gasteiger partial charge is 0.246 e. The lowest BCUT2D eigenvalue weighted by molar-refractivity contribution is -0.425. The lowest BCUT2D eigenvalue weighted by atomic mass is 10.2. The van der Waals surface area contributed by atoms with Gasteiger partial charge >= 0.3 is 0 Å². The Hall–Kier alpha value is -0.580. The third-order valence-electron chi connectivity index (χ3n) is 1.60. The van der Waals surface area contributed by atoms with Crippen LogP contribution < -0.4 is 0 Å². The van der Waals surface area contributed by atoms with Gasteiger partial charge in [0, 0.05) is 18.1 Å². The molecule has 1 aromatic heterocycles. The molecule has 0 atom stereocenters. The fourth-order valence-electron chi connectivity index (χ4n) is 0.915. The van der Waals surface area contributed by atoms with Gasteiger partial charge in [-0.2, -0.15) is 0 Å². The van der Waals surface area contributed by atoms with Gasteiger partial charge < -0.3 is 0 Å². The number of hydrogen-bond acceptors (Lipinski definition) is 3. The average Bonchev–Trinajstić information content (AvgIpc) is 2.40. The van der Waals surface area contributed by atoms with Crippen molar-refractivity contribution >= 4 is 40.6 Å². The van der Waals surface area contributed by atoms with Crippen molar-refractivity contribution in [3.63, 3.8) is 0 Å². The van der Waals surface area contributed by atoms with Gasteiger partial charge in [0.1, 0.15) is 4.34 Å². The molecule has 0 amide bonds. The minimum atomic E-state index is -0.415. The number of allylic oxidation sites excluding steroid dienone is 1. The maximum atomic E-state index is 10.5. The summed E-state index contributed by atoms with van der Waals surface area (Å²) in [6, 6.07) is 1.62. The first-order chi connectivity index (χ1) is 6.54. The minimum Gasteiger partial charge on any atom is -0.259 e. The van der Waals surface area contributed by atoms with E-state index >= 15 is 0 Å². The molecule has 1 heterocycles. The number of nitro groups is 1. The zero-order valence-corrected chi connectivity index (χ0v) is 9.62. The monoisotopic (exact) mass is 251 g/mol. The summed E-state index contributed by atoms with van der Waals surface area (Å²) in [5, 5.41) is 10.5. The van der Waals surface area contributed by atoms with Crippen molar-refractivity contribution < 1.29 is 4.92 Å². The van der Waals surface area contributed by atoms with Gasteiger partial charge in [0.15, 0.2) is 0 Å². The van der Waals surface area contributed by atoms with Gasteiger partial charge in [-0.05, 0) is 6.07 Å². The summed E-state index contributed by atoms with van der Waals surface area (Å²) in [5.74, 6) is 0. The minimum absolute atomic E-state index is 0.126. The van der Waals surface area contributed by atoms with Crippen molar-refractivity contribution in [2.75, 3.05) is 0 Å². The molecule has 0 fully saturated rings. The molecule has 76 valence electrons. The molecule has 0 saturated heterocycles. The van der Waals surface area contributed by atoms with Crippen molar-refractivity contribution in [3.8, 4) is 0 Å². The van der Waals surface area contributed by atoms with E-state index in [1.165, 1.54) is 17.4 Å². The Morgan fingerprint density at radius 3 is 2.71 bits per heavy atom. The summed E-state index contributed by atoms with van der Waals surface area (Å²) in [6.45, 7) is 1.72. The first-order valence-corrected chi connectivity index (χ1v) is 5.41. The third kappa shape index (κ3) is 2.70. The quantitative estimate of drug-likeness (QED) is 0.600. The predicted molar refractivity (Wildman–Crippen MR) is 59.6 cm³/mol. The predicted octanol–water partition coefficient (Wildman–Crippen LogP) is 4.08. The molecule has 0 bridgehead atoms. The fourth-order valence-corrected chi connectivity index (χ4v) is 2.33. The number of thiophene rings is 1. The van der Waals surface area contributed by atoms with Crippen molar-refractivity contribution in [2.24, 2.45) is 0 Å². The zero-order chi connectivity index (χ0) is 10.7. The highest BCUT2D eigenvalue weighted by atomic mass is 35.5. The molecule has 0 spiro atoms. The summed E-state index contributed by atoms with van der Waals surface area (Å²) in [4.78, 5) is 10.1. The summed E-state index contributed by atoms with van der Waals surface area (Å²) in [5.41, 5.74) is 0.733. The number of rotatable bonds is 3. The molecule has 1 aromatic rings. The SMILES string of the molecule is CC/C(=C/c1cc(Cl)sc1Cl)[N+](=O)[O-]. The highest BCUT2D eigenvalue weighted by molar-refractivity contribution is 7.20. The third-order valence-corrected chi connectivity index (χ3v) is 3.12. The molecule has 0 saturated carbocycles. The summed E-state index contributed by atoms with van der Waals surface area (Å²) in [6.07, 6.45) is 1.81. The molecule has 6 heteroatoms. The lowest BCUT2D eigenvalue weighted by Crippen LogP contribution is -1.96. The van der Waals surface area contributed by atoms with Gasteiger partial charge in [-0.1, -0.05) is 30.1 Å². The van der Waals surface area contributed by atoms with E-state index in [1.54, 1.807) is 13.0 Å². The molecule has 0 unspecified atom stereocenters. The van der Waals surface area contributed by atoms with Crippen LogP contribution in [0.1, 0.15) is 18.9 Å². The fraction of sp³-hybridized carbons (Fsp3) is 0.250. The maximum absolute atomic E-state index is 10.5. The van der Waals surface area contributed by atoms with Crippen molar-refractivity contribution in [1.82, 2.24) is 0 Å². The highest BCUT2D eigenvalue weighted by Crippen LogP contribution is 2.32. The molecule has 0 aromatic carbocycles. The first kappa shape index (κ1) is 11.5. The van der Waals surface area contributed by atoms with E-state index in [-0.39, 0.29) is 5.70 Å². The second-order valence-corrected chi connectivity index (χ2v) is 4.81. The molecule has 0 aliphatic heterocycles. The van der Waals surface area contributed by atoms with Crippen LogP contribution in [0.4, 0.5) is 0 Å². The van der Waals surface area contributed by atoms with E-state index in [0.717, 1.165) is 0 Å². The van der Waals surface area contributed by atoms with Crippen LogP contribution in [0.2, 0.25) is 8.67 Å². The topological polar surface area (TPSA) is 43.1 Å². The van der Waals surface area contributed by atoms with Crippen LogP contribution in [0.5, 0.6) is 0 Å². The van der Waals surface area contributed by atoms with Gasteiger partial charge in [0.2, 0.25) is 5.70 Å². The van der Waals surface area contributed by atoms with Gasteiger partial charge in [0.25, 0.3) is 0 Å². The van der Waals surface area contributed by atoms with E-state index in [4.69, 9.17) is 23.2 Å². The van der Waals surface area contributed by atoms with Gasteiger partial charge in [-0.3, -0.25) is 10.1 Å². The Bertz CT molecular complexity index is 387. The average molecular weight is 252 g/mol. The van der Waals surface area contributed by atoms with Crippen LogP contribution in [0.15, 0.2) is 11.8 Å². The van der Waals surface area contributed by atoms with Crippen LogP contribution in [-0.4, -0.2) is 4.92 Å². The Morgan fingerprint density at radius 1 is 1.71 bits per heavy atom. The molecule has 0 aliphatic carbocycles. The summed E-state index contributed by atoms with van der Waals surface area (Å²) >= 11 is 12.7. The highest BCUT2D eigenvalue weighted by Gasteiger charge is 2.10. The normalized spacial score (nSPS) is 11.8. The Labute approximate surface area is 95.1 Å². The van der Waals surface area contributed by atoms with Crippen molar-refractivity contribution in [3.05, 3.63) is 36.1 Å². The molecule has 0 N–H and O–H groups in total. The molecule has 1 rings (SSSR count). The van der Waals surface area contributed by atoms with E-state index in [9.17, 15) is 10.1 Å². The van der Waals surface area contributed by atoms with Crippen LogP contribution in [0.25, 0.3) is 6.08 Å². The van der Waals surface area contributed by atoms with Gasteiger partial charge in [-0.15, -0.1) is 11.3 Å².